The molecule has 5 heteroatoms. The van der Waals surface area contributed by atoms with Gasteiger partial charge < -0.3 is 16.0 Å². The largest absolute Gasteiger partial charge is 0.352 e. The lowest BCUT2D eigenvalue weighted by Gasteiger charge is -2.29. The smallest absolute Gasteiger partial charge is 0.243 e. The van der Waals surface area contributed by atoms with Crippen LogP contribution in [0.4, 0.5) is 0 Å². The van der Waals surface area contributed by atoms with Crippen molar-refractivity contribution in [3.63, 3.8) is 0 Å². The molecule has 3 N–H and O–H groups in total. The first-order chi connectivity index (χ1) is 9.09. The molecular weight excluding hydrogens is 242 g/mol. The van der Waals surface area contributed by atoms with Crippen LogP contribution >= 0.6 is 0 Å². The standard InChI is InChI=1S/C14H25N3O2/c1-10(15)14(19)17-9-5-8-12(17)13(18)16-11-6-3-2-4-7-11/h10-12H,2-9,15H2,1H3,(H,16,18)/t10-,12-/m0/s1. The molecule has 1 aliphatic carbocycles. The molecule has 2 amide bonds. The molecule has 1 saturated carbocycles. The molecule has 0 spiro atoms. The molecule has 5 nitrogen and oxygen atoms in total. The highest BCUT2D eigenvalue weighted by molar-refractivity contribution is 5.90. The summed E-state index contributed by atoms with van der Waals surface area (Å²) in [5, 5.41) is 3.11. The molecule has 19 heavy (non-hydrogen) atoms. The summed E-state index contributed by atoms with van der Waals surface area (Å²) in [5.41, 5.74) is 5.64. The zero-order valence-electron chi connectivity index (χ0n) is 11.7. The van der Waals surface area contributed by atoms with Crippen molar-refractivity contribution in [1.29, 1.82) is 0 Å². The lowest BCUT2D eigenvalue weighted by molar-refractivity contribution is -0.139. The lowest BCUT2D eigenvalue weighted by atomic mass is 9.95. The second kappa shape index (κ2) is 6.37. The van der Waals surface area contributed by atoms with E-state index in [-0.39, 0.29) is 17.9 Å². The summed E-state index contributed by atoms with van der Waals surface area (Å²) in [5.74, 6) is -0.0975. The van der Waals surface area contributed by atoms with Crippen molar-refractivity contribution in [2.75, 3.05) is 6.54 Å². The van der Waals surface area contributed by atoms with Crippen LogP contribution in [0.3, 0.4) is 0 Å². The van der Waals surface area contributed by atoms with Crippen LogP contribution in [0.2, 0.25) is 0 Å². The van der Waals surface area contributed by atoms with Crippen molar-refractivity contribution in [2.24, 2.45) is 5.73 Å². The molecule has 0 aromatic rings. The van der Waals surface area contributed by atoms with E-state index >= 15 is 0 Å². The van der Waals surface area contributed by atoms with Gasteiger partial charge in [0.25, 0.3) is 0 Å². The molecule has 2 atom stereocenters. The summed E-state index contributed by atoms with van der Waals surface area (Å²) in [7, 11) is 0. The maximum absolute atomic E-state index is 12.3. The van der Waals surface area contributed by atoms with Crippen LogP contribution in [0.1, 0.15) is 51.9 Å². The Kier molecular flexibility index (Phi) is 4.80. The Labute approximate surface area is 114 Å². The van der Waals surface area contributed by atoms with Gasteiger partial charge in [0.2, 0.25) is 11.8 Å². The monoisotopic (exact) mass is 267 g/mol. The Morgan fingerprint density at radius 1 is 1.16 bits per heavy atom. The molecule has 0 aromatic carbocycles. The summed E-state index contributed by atoms with van der Waals surface area (Å²) >= 11 is 0. The Balaban J connectivity index is 1.91. The lowest BCUT2D eigenvalue weighted by Crippen LogP contribution is -2.52. The van der Waals surface area contributed by atoms with E-state index in [1.165, 1.54) is 19.3 Å². The van der Waals surface area contributed by atoms with Gasteiger partial charge in [-0.3, -0.25) is 9.59 Å². The molecule has 108 valence electrons. The SMILES string of the molecule is C[C@H](N)C(=O)N1CCC[C@H]1C(=O)NC1CCCCC1. The van der Waals surface area contributed by atoms with Gasteiger partial charge in [0, 0.05) is 12.6 Å². The minimum absolute atomic E-state index is 0.0124. The average molecular weight is 267 g/mol. The van der Waals surface area contributed by atoms with Crippen molar-refractivity contribution in [1.82, 2.24) is 10.2 Å². The zero-order chi connectivity index (χ0) is 13.8. The normalized spacial score (nSPS) is 26.2. The average Bonchev–Trinajstić information content (AvgIpc) is 2.88. The number of likely N-dealkylation sites (tertiary alicyclic amines) is 1. The summed E-state index contributed by atoms with van der Waals surface area (Å²) in [6.45, 7) is 2.33. The highest BCUT2D eigenvalue weighted by Gasteiger charge is 2.35. The van der Waals surface area contributed by atoms with E-state index in [2.05, 4.69) is 5.32 Å². The van der Waals surface area contributed by atoms with Gasteiger partial charge >= 0.3 is 0 Å². The molecule has 1 aliphatic heterocycles. The van der Waals surface area contributed by atoms with Crippen LogP contribution in [0.25, 0.3) is 0 Å². The van der Waals surface area contributed by atoms with E-state index < -0.39 is 6.04 Å². The van der Waals surface area contributed by atoms with Crippen LogP contribution in [-0.2, 0) is 9.59 Å². The van der Waals surface area contributed by atoms with Crippen LogP contribution in [0.5, 0.6) is 0 Å². The van der Waals surface area contributed by atoms with Gasteiger partial charge in [-0.05, 0) is 32.6 Å². The fourth-order valence-corrected chi connectivity index (χ4v) is 3.11. The van der Waals surface area contributed by atoms with Gasteiger partial charge in [-0.15, -0.1) is 0 Å². The molecule has 2 aliphatic rings. The van der Waals surface area contributed by atoms with Crippen molar-refractivity contribution in [3.8, 4) is 0 Å². The minimum atomic E-state index is -0.525. The van der Waals surface area contributed by atoms with Crippen molar-refractivity contribution in [2.45, 2.75) is 70.0 Å². The molecule has 0 aromatic heterocycles. The second-order valence-corrected chi connectivity index (χ2v) is 5.82. The Hall–Kier alpha value is -1.10. The topological polar surface area (TPSA) is 75.4 Å². The van der Waals surface area contributed by atoms with E-state index in [9.17, 15) is 9.59 Å². The van der Waals surface area contributed by atoms with Gasteiger partial charge in [-0.2, -0.15) is 0 Å². The second-order valence-electron chi connectivity index (χ2n) is 5.82. The first-order valence-electron chi connectivity index (χ1n) is 7.46. The zero-order valence-corrected chi connectivity index (χ0v) is 11.7. The minimum Gasteiger partial charge on any atom is -0.352 e. The first kappa shape index (κ1) is 14.3. The Bertz CT molecular complexity index is 338. The number of hydrogen-bond donors (Lipinski definition) is 2. The maximum atomic E-state index is 12.3. The number of nitrogens with zero attached hydrogens (tertiary/aromatic N) is 1. The van der Waals surface area contributed by atoms with Gasteiger partial charge in [0.05, 0.1) is 6.04 Å². The molecule has 0 radical (unpaired) electrons. The van der Waals surface area contributed by atoms with Crippen molar-refractivity contribution >= 4 is 11.8 Å². The van der Waals surface area contributed by atoms with Crippen LogP contribution in [0.15, 0.2) is 0 Å². The molecule has 0 unspecified atom stereocenters. The maximum Gasteiger partial charge on any atom is 0.243 e. The van der Waals surface area contributed by atoms with Crippen LogP contribution < -0.4 is 11.1 Å². The van der Waals surface area contributed by atoms with E-state index in [0.29, 0.717) is 12.6 Å². The van der Waals surface area contributed by atoms with Crippen molar-refractivity contribution in [3.05, 3.63) is 0 Å². The molecule has 1 heterocycles. The molecule has 1 saturated heterocycles. The number of carbonyl (C=O) groups is 2. The van der Waals surface area contributed by atoms with Crippen molar-refractivity contribution < 1.29 is 9.59 Å². The van der Waals surface area contributed by atoms with Gasteiger partial charge in [-0.25, -0.2) is 0 Å². The summed E-state index contributed by atoms with van der Waals surface area (Å²) in [4.78, 5) is 25.9. The summed E-state index contributed by atoms with van der Waals surface area (Å²) < 4.78 is 0. The molecule has 2 fully saturated rings. The third kappa shape index (κ3) is 3.47. The van der Waals surface area contributed by atoms with E-state index in [4.69, 9.17) is 5.73 Å². The number of rotatable bonds is 3. The number of carbonyl (C=O) groups excluding carboxylic acids is 2. The quantitative estimate of drug-likeness (QED) is 0.793. The first-order valence-corrected chi connectivity index (χ1v) is 7.46. The number of nitrogens with one attached hydrogen (secondary N) is 1. The molecule has 2 rings (SSSR count). The van der Waals surface area contributed by atoms with E-state index in [0.717, 1.165) is 25.7 Å². The fourth-order valence-electron chi connectivity index (χ4n) is 3.11. The van der Waals surface area contributed by atoms with Gasteiger partial charge in [-0.1, -0.05) is 19.3 Å². The Morgan fingerprint density at radius 2 is 1.84 bits per heavy atom. The van der Waals surface area contributed by atoms with E-state index in [1.807, 2.05) is 0 Å². The highest BCUT2D eigenvalue weighted by Crippen LogP contribution is 2.21. The summed E-state index contributed by atoms with van der Waals surface area (Å²) in [6, 6.07) is -0.530. The Morgan fingerprint density at radius 3 is 2.47 bits per heavy atom. The van der Waals surface area contributed by atoms with E-state index in [1.54, 1.807) is 11.8 Å². The predicted molar refractivity (Wildman–Crippen MR) is 73.4 cm³/mol. The number of amides is 2. The van der Waals surface area contributed by atoms with Gasteiger partial charge in [0.15, 0.2) is 0 Å². The molecular formula is C14H25N3O2. The number of hydrogen-bond acceptors (Lipinski definition) is 3. The van der Waals surface area contributed by atoms with Crippen LogP contribution in [-0.4, -0.2) is 41.4 Å². The van der Waals surface area contributed by atoms with Crippen LogP contribution in [0, 0.1) is 0 Å². The van der Waals surface area contributed by atoms with Gasteiger partial charge in [0.1, 0.15) is 6.04 Å². The fraction of sp³-hybridized carbons (Fsp3) is 0.857. The highest BCUT2D eigenvalue weighted by atomic mass is 16.2. The molecule has 0 bridgehead atoms. The summed E-state index contributed by atoms with van der Waals surface area (Å²) in [6.07, 6.45) is 7.44. The third-order valence-electron chi connectivity index (χ3n) is 4.18. The predicted octanol–water partition coefficient (Wildman–Crippen LogP) is 0.773. The number of nitrogens with two attached hydrogens (primary N) is 1. The third-order valence-corrected chi connectivity index (χ3v) is 4.18.